The van der Waals surface area contributed by atoms with Crippen LogP contribution in [0.4, 0.5) is 0 Å². The van der Waals surface area contributed by atoms with Gasteiger partial charge >= 0.3 is 0 Å². The molecular weight excluding hydrogens is 444 g/mol. The van der Waals surface area contributed by atoms with Crippen molar-refractivity contribution in [3.05, 3.63) is 89.2 Å². The minimum Gasteiger partial charge on any atom is -0.376 e. The molecule has 34 heavy (non-hydrogen) atoms. The van der Waals surface area contributed by atoms with Crippen molar-refractivity contribution in [3.8, 4) is 0 Å². The predicted molar refractivity (Wildman–Crippen MR) is 135 cm³/mol. The molecule has 1 fully saturated rings. The van der Waals surface area contributed by atoms with Gasteiger partial charge in [0.1, 0.15) is 0 Å². The van der Waals surface area contributed by atoms with Crippen molar-refractivity contribution in [2.45, 2.75) is 43.3 Å². The first-order valence-electron chi connectivity index (χ1n) is 11.6. The van der Waals surface area contributed by atoms with E-state index < -0.39 is 0 Å². The number of fused-ring (bicyclic) bond motifs is 1. The summed E-state index contributed by atoms with van der Waals surface area (Å²) in [5, 5.41) is 3.94. The molecule has 7 heteroatoms. The number of carbonyl (C=O) groups is 1. The lowest BCUT2D eigenvalue weighted by atomic mass is 10.1. The zero-order valence-electron chi connectivity index (χ0n) is 19.2. The summed E-state index contributed by atoms with van der Waals surface area (Å²) in [6, 6.07) is 18.2. The van der Waals surface area contributed by atoms with Gasteiger partial charge in [-0.2, -0.15) is 0 Å². The molecule has 1 aliphatic rings. The second kappa shape index (κ2) is 10.4. The Kier molecular flexibility index (Phi) is 6.92. The van der Waals surface area contributed by atoms with Gasteiger partial charge in [-0.15, -0.1) is 0 Å². The Morgan fingerprint density at radius 2 is 2.03 bits per heavy atom. The molecule has 1 unspecified atom stereocenters. The number of pyridine rings is 1. The molecule has 6 nitrogen and oxygen atoms in total. The van der Waals surface area contributed by atoms with Crippen molar-refractivity contribution in [1.82, 2.24) is 19.9 Å². The number of hydrogen-bond acceptors (Lipinski definition) is 5. The van der Waals surface area contributed by atoms with Gasteiger partial charge in [0.2, 0.25) is 0 Å². The summed E-state index contributed by atoms with van der Waals surface area (Å²) >= 11 is 1.70. The average molecular weight is 473 g/mol. The Bertz CT molecular complexity index is 1280. The maximum atomic E-state index is 12.4. The molecule has 1 aliphatic heterocycles. The van der Waals surface area contributed by atoms with E-state index in [1.54, 1.807) is 18.0 Å². The Hall–Kier alpha value is -3.16. The highest BCUT2D eigenvalue weighted by Gasteiger charge is 2.17. The molecule has 0 saturated carbocycles. The van der Waals surface area contributed by atoms with Crippen LogP contribution in [-0.2, 0) is 17.0 Å². The van der Waals surface area contributed by atoms with Crippen LogP contribution in [0.5, 0.6) is 0 Å². The fourth-order valence-corrected chi connectivity index (χ4v) is 5.15. The van der Waals surface area contributed by atoms with Gasteiger partial charge in [0, 0.05) is 30.7 Å². The first kappa shape index (κ1) is 22.6. The van der Waals surface area contributed by atoms with E-state index in [4.69, 9.17) is 9.72 Å². The molecule has 1 saturated heterocycles. The first-order valence-corrected chi connectivity index (χ1v) is 12.6. The topological polar surface area (TPSA) is 69.0 Å². The fourth-order valence-electron chi connectivity index (χ4n) is 4.18. The number of benzene rings is 2. The zero-order chi connectivity index (χ0) is 23.3. The number of ether oxygens (including phenoxy) is 1. The lowest BCUT2D eigenvalue weighted by Crippen LogP contribution is -2.31. The number of imidazole rings is 1. The second-order valence-corrected chi connectivity index (χ2v) is 9.54. The minimum atomic E-state index is -0.0535. The highest BCUT2D eigenvalue weighted by atomic mass is 32.2. The fraction of sp³-hybridized carbons (Fsp3) is 0.296. The molecule has 1 N–H and O–H groups in total. The number of aromatic nitrogens is 3. The van der Waals surface area contributed by atoms with Gasteiger partial charge in [-0.3, -0.25) is 9.78 Å². The van der Waals surface area contributed by atoms with Crippen molar-refractivity contribution < 1.29 is 9.53 Å². The molecule has 2 aromatic carbocycles. The summed E-state index contributed by atoms with van der Waals surface area (Å²) in [6.07, 6.45) is 5.90. The van der Waals surface area contributed by atoms with Crippen LogP contribution in [0.3, 0.4) is 0 Å². The molecule has 174 valence electrons. The molecule has 4 aromatic rings. The Balaban J connectivity index is 1.27. The lowest BCUT2D eigenvalue weighted by Gasteiger charge is -2.12. The van der Waals surface area contributed by atoms with E-state index in [0.717, 1.165) is 53.5 Å². The molecule has 0 aliphatic carbocycles. The van der Waals surface area contributed by atoms with Crippen LogP contribution in [0.15, 0.2) is 72.1 Å². The average Bonchev–Trinajstić information content (AvgIpc) is 3.51. The maximum absolute atomic E-state index is 12.4. The molecule has 0 bridgehead atoms. The molecular formula is C27H28N4O2S. The van der Waals surface area contributed by atoms with Gasteiger partial charge < -0.3 is 14.6 Å². The molecule has 1 atom stereocenters. The summed E-state index contributed by atoms with van der Waals surface area (Å²) in [4.78, 5) is 21.6. The molecule has 0 spiro atoms. The lowest BCUT2D eigenvalue weighted by molar-refractivity contribution is 0.0858. The van der Waals surface area contributed by atoms with E-state index in [1.807, 2.05) is 36.5 Å². The van der Waals surface area contributed by atoms with Crippen LogP contribution in [0, 0.1) is 6.92 Å². The highest BCUT2D eigenvalue weighted by molar-refractivity contribution is 7.98. The number of aryl methyl sites for hydroxylation is 1. The normalized spacial score (nSPS) is 15.6. The molecule has 0 radical (unpaired) electrons. The van der Waals surface area contributed by atoms with Gasteiger partial charge in [0.25, 0.3) is 5.91 Å². The number of thioether (sulfide) groups is 1. The van der Waals surface area contributed by atoms with Gasteiger partial charge in [-0.25, -0.2) is 4.98 Å². The van der Waals surface area contributed by atoms with E-state index in [2.05, 4.69) is 46.1 Å². The van der Waals surface area contributed by atoms with Gasteiger partial charge in [-0.05, 0) is 54.7 Å². The third-order valence-electron chi connectivity index (χ3n) is 6.20. The number of nitrogens with zero attached hydrogens (tertiary/aromatic N) is 3. The number of nitrogens with one attached hydrogen (secondary N) is 1. The van der Waals surface area contributed by atoms with Crippen molar-refractivity contribution in [3.63, 3.8) is 0 Å². The van der Waals surface area contributed by atoms with E-state index in [0.29, 0.717) is 12.1 Å². The third-order valence-corrected chi connectivity index (χ3v) is 7.25. The summed E-state index contributed by atoms with van der Waals surface area (Å²) in [5.74, 6) is 0.713. The van der Waals surface area contributed by atoms with Crippen molar-refractivity contribution >= 4 is 28.7 Å². The second-order valence-electron chi connectivity index (χ2n) is 8.60. The number of rotatable bonds is 8. The van der Waals surface area contributed by atoms with E-state index in [-0.39, 0.29) is 12.0 Å². The summed E-state index contributed by atoms with van der Waals surface area (Å²) in [6.45, 7) is 4.25. The van der Waals surface area contributed by atoms with Crippen molar-refractivity contribution in [2.24, 2.45) is 0 Å². The van der Waals surface area contributed by atoms with Crippen LogP contribution < -0.4 is 5.32 Å². The van der Waals surface area contributed by atoms with Crippen LogP contribution in [0.1, 0.15) is 39.9 Å². The van der Waals surface area contributed by atoms with E-state index >= 15 is 0 Å². The van der Waals surface area contributed by atoms with Crippen LogP contribution in [0.25, 0.3) is 11.0 Å². The quantitative estimate of drug-likeness (QED) is 0.366. The third kappa shape index (κ3) is 5.16. The predicted octanol–water partition coefficient (Wildman–Crippen LogP) is 4.99. The Morgan fingerprint density at radius 1 is 1.18 bits per heavy atom. The van der Waals surface area contributed by atoms with Gasteiger partial charge in [-0.1, -0.05) is 48.2 Å². The SMILES string of the molecule is Cc1ccccc1Cn1c(SCc2ccc(C(=O)NCC3CCCO3)cc2)nc2ccncc21. The number of hydrogen-bond donors (Lipinski definition) is 1. The number of carbonyl (C=O) groups excluding carboxylic acids is 1. The van der Waals surface area contributed by atoms with Crippen molar-refractivity contribution in [2.75, 3.05) is 13.2 Å². The Labute approximate surface area is 203 Å². The Morgan fingerprint density at radius 3 is 2.82 bits per heavy atom. The molecule has 3 heterocycles. The van der Waals surface area contributed by atoms with Gasteiger partial charge in [0.05, 0.1) is 29.9 Å². The molecule has 5 rings (SSSR count). The van der Waals surface area contributed by atoms with E-state index in [1.165, 1.54) is 11.1 Å². The minimum absolute atomic E-state index is 0.0535. The van der Waals surface area contributed by atoms with Crippen LogP contribution in [0.2, 0.25) is 0 Å². The van der Waals surface area contributed by atoms with Crippen LogP contribution >= 0.6 is 11.8 Å². The monoisotopic (exact) mass is 472 g/mol. The van der Waals surface area contributed by atoms with Crippen molar-refractivity contribution in [1.29, 1.82) is 0 Å². The molecule has 2 aromatic heterocycles. The first-order chi connectivity index (χ1) is 16.7. The molecule has 1 amide bonds. The summed E-state index contributed by atoms with van der Waals surface area (Å²) < 4.78 is 7.82. The zero-order valence-corrected chi connectivity index (χ0v) is 20.1. The van der Waals surface area contributed by atoms with Gasteiger partial charge in [0.15, 0.2) is 5.16 Å². The largest absolute Gasteiger partial charge is 0.376 e. The van der Waals surface area contributed by atoms with E-state index in [9.17, 15) is 4.79 Å². The summed E-state index contributed by atoms with van der Waals surface area (Å²) in [7, 11) is 0. The maximum Gasteiger partial charge on any atom is 0.251 e. The van der Waals surface area contributed by atoms with Crippen LogP contribution in [-0.4, -0.2) is 39.7 Å². The summed E-state index contributed by atoms with van der Waals surface area (Å²) in [5.41, 5.74) is 6.33. The standard InChI is InChI=1S/C27H28N4O2S/c1-19-5-2-3-6-22(19)17-31-25-16-28-13-12-24(25)30-27(31)34-18-20-8-10-21(11-9-20)26(32)29-15-23-7-4-14-33-23/h2-3,5-6,8-13,16,23H,4,7,14-15,17-18H2,1H3,(H,29,32). The smallest absolute Gasteiger partial charge is 0.251 e. The highest BCUT2D eigenvalue weighted by Crippen LogP contribution is 2.28. The number of amides is 1.